The molecule has 0 aliphatic heterocycles. The number of benzene rings is 4. The summed E-state index contributed by atoms with van der Waals surface area (Å²) in [5.41, 5.74) is 5.16. The van der Waals surface area contributed by atoms with Crippen molar-refractivity contribution in [3.63, 3.8) is 0 Å². The summed E-state index contributed by atoms with van der Waals surface area (Å²) in [6.45, 7) is 0. The summed E-state index contributed by atoms with van der Waals surface area (Å²) in [4.78, 5) is 5.45. The summed E-state index contributed by atoms with van der Waals surface area (Å²) in [6, 6.07) is 43.5. The molecule has 4 aromatic carbocycles. The standard InChI is InChI=1S/C32H20S3/c1-5-13-21(14-6-1)27-25-26-28(22-15-7-2-8-16-22)34-30(24-19-11-4-12-20-24)32(26)35-31(25)29(33-27)23-17-9-3-10-18-23/h1-20H. The van der Waals surface area contributed by atoms with Gasteiger partial charge in [0.25, 0.3) is 0 Å². The van der Waals surface area contributed by atoms with Crippen molar-refractivity contribution in [3.05, 3.63) is 121 Å². The molecule has 0 N–H and O–H groups in total. The van der Waals surface area contributed by atoms with Crippen LogP contribution in [0, 0.1) is 0 Å². The molecule has 0 fully saturated rings. The van der Waals surface area contributed by atoms with Gasteiger partial charge in [-0.05, 0) is 22.3 Å². The first-order valence-electron chi connectivity index (χ1n) is 11.6. The van der Waals surface area contributed by atoms with Crippen LogP contribution in [0.3, 0.4) is 0 Å². The molecule has 3 heteroatoms. The highest BCUT2D eigenvalue weighted by Gasteiger charge is 2.25. The van der Waals surface area contributed by atoms with Crippen LogP contribution in [0.1, 0.15) is 0 Å². The smallest absolute Gasteiger partial charge is 0.0549 e. The largest absolute Gasteiger partial charge is 0.133 e. The molecule has 166 valence electrons. The van der Waals surface area contributed by atoms with Gasteiger partial charge in [0, 0.05) is 20.5 Å². The third-order valence-electron chi connectivity index (χ3n) is 6.33. The molecule has 0 saturated carbocycles. The van der Waals surface area contributed by atoms with E-state index in [1.54, 1.807) is 0 Å². The molecule has 0 aliphatic rings. The highest BCUT2D eigenvalue weighted by Crippen LogP contribution is 2.57. The lowest BCUT2D eigenvalue weighted by Crippen LogP contribution is -1.74. The number of rotatable bonds is 4. The van der Waals surface area contributed by atoms with E-state index in [-0.39, 0.29) is 0 Å². The molecule has 0 spiro atoms. The van der Waals surface area contributed by atoms with Crippen LogP contribution in [0.25, 0.3) is 61.9 Å². The normalized spacial score (nSPS) is 11.4. The molecule has 0 bridgehead atoms. The lowest BCUT2D eigenvalue weighted by atomic mass is 10.0. The molecule has 0 saturated heterocycles. The Labute approximate surface area is 216 Å². The Morgan fingerprint density at radius 2 is 0.571 bits per heavy atom. The SMILES string of the molecule is c1ccc(-c2sc(-c3ccccc3)c3c2sc2c(-c4ccccc4)sc(-c4ccccc4)c23)cc1. The highest BCUT2D eigenvalue weighted by atomic mass is 32.1. The number of hydrogen-bond donors (Lipinski definition) is 0. The van der Waals surface area contributed by atoms with Gasteiger partial charge in [-0.3, -0.25) is 0 Å². The van der Waals surface area contributed by atoms with E-state index in [9.17, 15) is 0 Å². The second-order valence-corrected chi connectivity index (χ2v) is 11.6. The second-order valence-electron chi connectivity index (χ2n) is 8.50. The fraction of sp³-hybridized carbons (Fsp3) is 0. The van der Waals surface area contributed by atoms with E-state index in [4.69, 9.17) is 0 Å². The van der Waals surface area contributed by atoms with E-state index in [0.29, 0.717) is 0 Å². The van der Waals surface area contributed by atoms with Crippen molar-refractivity contribution in [1.29, 1.82) is 0 Å². The van der Waals surface area contributed by atoms with E-state index in [1.165, 1.54) is 61.9 Å². The highest BCUT2D eigenvalue weighted by molar-refractivity contribution is 7.36. The van der Waals surface area contributed by atoms with E-state index in [2.05, 4.69) is 121 Å². The fourth-order valence-corrected chi connectivity index (χ4v) is 9.02. The third-order valence-corrected chi connectivity index (χ3v) is 10.4. The molecule has 0 radical (unpaired) electrons. The molecular formula is C32H20S3. The van der Waals surface area contributed by atoms with Crippen LogP contribution >= 0.6 is 34.0 Å². The maximum absolute atomic E-state index is 2.25. The molecule has 0 atom stereocenters. The lowest BCUT2D eigenvalue weighted by Gasteiger charge is -2.01. The first-order chi connectivity index (χ1) is 17.4. The van der Waals surface area contributed by atoms with Gasteiger partial charge >= 0.3 is 0 Å². The van der Waals surface area contributed by atoms with E-state index < -0.39 is 0 Å². The molecule has 3 aromatic heterocycles. The number of thiophene rings is 3. The monoisotopic (exact) mass is 500 g/mol. The van der Waals surface area contributed by atoms with Gasteiger partial charge in [0.1, 0.15) is 0 Å². The topological polar surface area (TPSA) is 0 Å². The van der Waals surface area contributed by atoms with E-state index in [0.717, 1.165) is 0 Å². The number of hydrogen-bond acceptors (Lipinski definition) is 3. The van der Waals surface area contributed by atoms with Crippen LogP contribution in [-0.2, 0) is 0 Å². The summed E-state index contributed by atoms with van der Waals surface area (Å²) in [5.74, 6) is 0. The van der Waals surface area contributed by atoms with Crippen molar-refractivity contribution in [3.8, 4) is 41.8 Å². The van der Waals surface area contributed by atoms with Crippen LogP contribution < -0.4 is 0 Å². The van der Waals surface area contributed by atoms with Gasteiger partial charge in [0.05, 0.1) is 19.2 Å². The molecule has 35 heavy (non-hydrogen) atoms. The summed E-state index contributed by atoms with van der Waals surface area (Å²) < 4.78 is 2.79. The van der Waals surface area contributed by atoms with Crippen LogP contribution in [0.4, 0.5) is 0 Å². The van der Waals surface area contributed by atoms with Gasteiger partial charge in [-0.15, -0.1) is 34.0 Å². The van der Waals surface area contributed by atoms with Gasteiger partial charge in [-0.1, -0.05) is 121 Å². The minimum Gasteiger partial charge on any atom is -0.133 e. The van der Waals surface area contributed by atoms with Gasteiger partial charge in [0.15, 0.2) is 0 Å². The van der Waals surface area contributed by atoms with Gasteiger partial charge in [-0.25, -0.2) is 0 Å². The Kier molecular flexibility index (Phi) is 5.13. The number of fused-ring (bicyclic) bond motifs is 3. The molecular weight excluding hydrogens is 481 g/mol. The average Bonchev–Trinajstić information content (AvgIpc) is 3.60. The van der Waals surface area contributed by atoms with Crippen LogP contribution in [0.5, 0.6) is 0 Å². The van der Waals surface area contributed by atoms with Crippen LogP contribution in [0.2, 0.25) is 0 Å². The Bertz CT molecular complexity index is 1620. The third kappa shape index (κ3) is 3.47. The van der Waals surface area contributed by atoms with Crippen molar-refractivity contribution in [1.82, 2.24) is 0 Å². The average molecular weight is 501 g/mol. The maximum Gasteiger partial charge on any atom is 0.0549 e. The van der Waals surface area contributed by atoms with E-state index >= 15 is 0 Å². The Balaban J connectivity index is 1.64. The lowest BCUT2D eigenvalue weighted by molar-refractivity contribution is 1.71. The molecule has 7 aromatic rings. The molecule has 0 amide bonds. The van der Waals surface area contributed by atoms with Gasteiger partial charge < -0.3 is 0 Å². The van der Waals surface area contributed by atoms with Crippen molar-refractivity contribution in [2.45, 2.75) is 0 Å². The molecule has 0 unspecified atom stereocenters. The molecule has 0 nitrogen and oxygen atoms in total. The summed E-state index contributed by atoms with van der Waals surface area (Å²) in [5, 5.41) is 2.80. The van der Waals surface area contributed by atoms with Gasteiger partial charge in [-0.2, -0.15) is 0 Å². The zero-order valence-electron chi connectivity index (χ0n) is 18.8. The second kappa shape index (κ2) is 8.62. The van der Waals surface area contributed by atoms with Crippen molar-refractivity contribution in [2.75, 3.05) is 0 Å². The minimum atomic E-state index is 1.29. The molecule has 0 aliphatic carbocycles. The Morgan fingerprint density at radius 1 is 0.286 bits per heavy atom. The summed E-state index contributed by atoms with van der Waals surface area (Å²) >= 11 is 5.81. The molecule has 3 heterocycles. The fourth-order valence-electron chi connectivity index (χ4n) is 4.73. The summed E-state index contributed by atoms with van der Waals surface area (Å²) in [6.07, 6.45) is 0. The summed E-state index contributed by atoms with van der Waals surface area (Å²) in [7, 11) is 0. The van der Waals surface area contributed by atoms with Crippen molar-refractivity contribution < 1.29 is 0 Å². The zero-order chi connectivity index (χ0) is 23.2. The van der Waals surface area contributed by atoms with Gasteiger partial charge in [0.2, 0.25) is 0 Å². The maximum atomic E-state index is 2.25. The van der Waals surface area contributed by atoms with Crippen molar-refractivity contribution >= 4 is 54.2 Å². The predicted octanol–water partition coefficient (Wildman–Crippen LogP) is 10.8. The zero-order valence-corrected chi connectivity index (χ0v) is 21.2. The van der Waals surface area contributed by atoms with E-state index in [1.807, 2.05) is 34.0 Å². The first-order valence-corrected chi connectivity index (χ1v) is 14.1. The first kappa shape index (κ1) is 20.8. The Morgan fingerprint density at radius 3 is 0.886 bits per heavy atom. The quantitative estimate of drug-likeness (QED) is 0.225. The van der Waals surface area contributed by atoms with Crippen LogP contribution in [-0.4, -0.2) is 0 Å². The van der Waals surface area contributed by atoms with Crippen molar-refractivity contribution in [2.24, 2.45) is 0 Å². The minimum absolute atomic E-state index is 1.29. The molecule has 7 rings (SSSR count). The Hall–Kier alpha value is -3.50. The predicted molar refractivity (Wildman–Crippen MR) is 157 cm³/mol. The van der Waals surface area contributed by atoms with Crippen LogP contribution in [0.15, 0.2) is 121 Å².